The van der Waals surface area contributed by atoms with E-state index in [0.717, 1.165) is 10.0 Å². The fourth-order valence-corrected chi connectivity index (χ4v) is 1.89. The summed E-state index contributed by atoms with van der Waals surface area (Å²) in [6, 6.07) is 4.42. The van der Waals surface area contributed by atoms with Crippen LogP contribution in [-0.2, 0) is 0 Å². The molecule has 0 saturated heterocycles. The Balaban J connectivity index is 2.34. The molecule has 1 aromatic heterocycles. The molecular formula is C12H9Br2FN2O. The van der Waals surface area contributed by atoms with Gasteiger partial charge in [-0.3, -0.25) is 0 Å². The van der Waals surface area contributed by atoms with E-state index in [1.807, 2.05) is 6.92 Å². The minimum absolute atomic E-state index is 0.241. The van der Waals surface area contributed by atoms with Crippen molar-refractivity contribution in [1.82, 2.24) is 4.98 Å². The second-order valence-corrected chi connectivity index (χ2v) is 5.39. The summed E-state index contributed by atoms with van der Waals surface area (Å²) in [5, 5.41) is 0. The SMILES string of the molecule is Cc1cc(Oc2cc(F)c(Br)cc2N)ncc1Br. The predicted octanol–water partition coefficient (Wildman–Crippen LogP) is 4.43. The average molecular weight is 376 g/mol. The van der Waals surface area contributed by atoms with E-state index in [9.17, 15) is 4.39 Å². The Kier molecular flexibility index (Phi) is 3.87. The van der Waals surface area contributed by atoms with Crippen molar-refractivity contribution in [2.45, 2.75) is 6.92 Å². The molecule has 3 nitrogen and oxygen atoms in total. The molecular weight excluding hydrogens is 367 g/mol. The molecule has 94 valence electrons. The van der Waals surface area contributed by atoms with E-state index in [1.165, 1.54) is 12.1 Å². The normalized spacial score (nSPS) is 10.4. The van der Waals surface area contributed by atoms with Gasteiger partial charge >= 0.3 is 0 Å². The molecule has 2 N–H and O–H groups in total. The molecule has 0 aliphatic rings. The molecule has 0 saturated carbocycles. The first-order chi connectivity index (χ1) is 8.47. The number of aromatic nitrogens is 1. The number of halogens is 3. The quantitative estimate of drug-likeness (QED) is 0.790. The second kappa shape index (κ2) is 5.24. The van der Waals surface area contributed by atoms with Gasteiger partial charge in [0.25, 0.3) is 0 Å². The minimum atomic E-state index is -0.437. The fourth-order valence-electron chi connectivity index (χ4n) is 1.31. The van der Waals surface area contributed by atoms with Crippen LogP contribution >= 0.6 is 31.9 Å². The van der Waals surface area contributed by atoms with Crippen LogP contribution in [0.2, 0.25) is 0 Å². The first-order valence-electron chi connectivity index (χ1n) is 5.02. The summed E-state index contributed by atoms with van der Waals surface area (Å²) < 4.78 is 20.0. The van der Waals surface area contributed by atoms with Gasteiger partial charge in [-0.15, -0.1) is 0 Å². The van der Waals surface area contributed by atoms with Gasteiger partial charge in [0.05, 0.1) is 10.2 Å². The molecule has 2 aromatic rings. The monoisotopic (exact) mass is 374 g/mol. The molecule has 0 atom stereocenters. The molecule has 6 heteroatoms. The van der Waals surface area contributed by atoms with Gasteiger partial charge in [-0.25, -0.2) is 9.37 Å². The summed E-state index contributed by atoms with van der Waals surface area (Å²) in [5.74, 6) is 0.169. The highest BCUT2D eigenvalue weighted by Crippen LogP contribution is 2.32. The fraction of sp³-hybridized carbons (Fsp3) is 0.0833. The maximum atomic E-state index is 13.4. The predicted molar refractivity (Wildman–Crippen MR) is 75.3 cm³/mol. The molecule has 0 amide bonds. The average Bonchev–Trinajstić information content (AvgIpc) is 2.31. The Bertz CT molecular complexity index is 605. The summed E-state index contributed by atoms with van der Waals surface area (Å²) in [4.78, 5) is 4.07. The molecule has 2 rings (SSSR count). The Morgan fingerprint density at radius 1 is 1.22 bits per heavy atom. The van der Waals surface area contributed by atoms with Crippen LogP contribution in [0.1, 0.15) is 5.56 Å². The number of pyridine rings is 1. The highest BCUT2D eigenvalue weighted by atomic mass is 79.9. The number of benzene rings is 1. The number of rotatable bonds is 2. The maximum absolute atomic E-state index is 13.4. The summed E-state index contributed by atoms with van der Waals surface area (Å²) in [6.07, 6.45) is 1.62. The highest BCUT2D eigenvalue weighted by Gasteiger charge is 2.09. The van der Waals surface area contributed by atoms with E-state index < -0.39 is 5.82 Å². The number of hydrogen-bond donors (Lipinski definition) is 1. The lowest BCUT2D eigenvalue weighted by atomic mass is 10.3. The van der Waals surface area contributed by atoms with Crippen molar-refractivity contribution in [2.75, 3.05) is 5.73 Å². The molecule has 0 aliphatic heterocycles. The summed E-state index contributed by atoms with van der Waals surface area (Å²) in [7, 11) is 0. The zero-order chi connectivity index (χ0) is 13.3. The lowest BCUT2D eigenvalue weighted by molar-refractivity contribution is 0.459. The van der Waals surface area contributed by atoms with Crippen LogP contribution in [0.5, 0.6) is 11.6 Å². The van der Waals surface area contributed by atoms with Crippen molar-refractivity contribution >= 4 is 37.5 Å². The smallest absolute Gasteiger partial charge is 0.219 e. The van der Waals surface area contributed by atoms with E-state index in [4.69, 9.17) is 10.5 Å². The molecule has 1 aromatic carbocycles. The first-order valence-corrected chi connectivity index (χ1v) is 6.60. The van der Waals surface area contributed by atoms with Crippen molar-refractivity contribution in [3.05, 3.63) is 44.7 Å². The van der Waals surface area contributed by atoms with Gasteiger partial charge in [0.2, 0.25) is 5.88 Å². The van der Waals surface area contributed by atoms with Crippen LogP contribution in [0.15, 0.2) is 33.3 Å². The van der Waals surface area contributed by atoms with Gasteiger partial charge in [-0.05, 0) is 50.4 Å². The zero-order valence-corrected chi connectivity index (χ0v) is 12.5. The Morgan fingerprint density at radius 2 is 1.94 bits per heavy atom. The van der Waals surface area contributed by atoms with Gasteiger partial charge in [0.1, 0.15) is 5.82 Å². The largest absolute Gasteiger partial charge is 0.437 e. The molecule has 0 bridgehead atoms. The molecule has 0 fully saturated rings. The number of nitrogens with zero attached hydrogens (tertiary/aromatic N) is 1. The van der Waals surface area contributed by atoms with Gasteiger partial charge in [0, 0.05) is 22.8 Å². The van der Waals surface area contributed by atoms with Crippen molar-refractivity contribution < 1.29 is 9.13 Å². The number of anilines is 1. The van der Waals surface area contributed by atoms with Gasteiger partial charge in [-0.1, -0.05) is 0 Å². The lowest BCUT2D eigenvalue weighted by Gasteiger charge is -2.09. The van der Waals surface area contributed by atoms with Gasteiger partial charge < -0.3 is 10.5 Å². The van der Waals surface area contributed by atoms with Crippen LogP contribution < -0.4 is 10.5 Å². The number of ether oxygens (including phenoxy) is 1. The van der Waals surface area contributed by atoms with Crippen molar-refractivity contribution in [2.24, 2.45) is 0 Å². The van der Waals surface area contributed by atoms with E-state index in [2.05, 4.69) is 36.8 Å². The molecule has 1 heterocycles. The number of nitrogen functional groups attached to an aromatic ring is 1. The first kappa shape index (κ1) is 13.3. The lowest BCUT2D eigenvalue weighted by Crippen LogP contribution is -1.95. The van der Waals surface area contributed by atoms with E-state index >= 15 is 0 Å². The van der Waals surface area contributed by atoms with Crippen molar-refractivity contribution in [3.8, 4) is 11.6 Å². The van der Waals surface area contributed by atoms with E-state index in [0.29, 0.717) is 16.0 Å². The maximum Gasteiger partial charge on any atom is 0.219 e. The van der Waals surface area contributed by atoms with E-state index in [-0.39, 0.29) is 5.75 Å². The van der Waals surface area contributed by atoms with Crippen molar-refractivity contribution in [1.29, 1.82) is 0 Å². The summed E-state index contributed by atoms with van der Waals surface area (Å²) in [5.41, 5.74) is 7.05. The zero-order valence-electron chi connectivity index (χ0n) is 9.38. The number of aryl methyl sites for hydroxylation is 1. The van der Waals surface area contributed by atoms with Crippen LogP contribution in [0.3, 0.4) is 0 Å². The third kappa shape index (κ3) is 2.81. The van der Waals surface area contributed by atoms with Crippen molar-refractivity contribution in [3.63, 3.8) is 0 Å². The topological polar surface area (TPSA) is 48.1 Å². The Morgan fingerprint density at radius 3 is 2.61 bits per heavy atom. The molecule has 0 spiro atoms. The van der Waals surface area contributed by atoms with Crippen LogP contribution in [-0.4, -0.2) is 4.98 Å². The third-order valence-corrected chi connectivity index (χ3v) is 3.73. The molecule has 0 aliphatic carbocycles. The second-order valence-electron chi connectivity index (χ2n) is 3.68. The van der Waals surface area contributed by atoms with Gasteiger partial charge in [0.15, 0.2) is 5.75 Å². The number of nitrogens with two attached hydrogens (primary N) is 1. The summed E-state index contributed by atoms with van der Waals surface area (Å²) in [6.45, 7) is 1.91. The van der Waals surface area contributed by atoms with E-state index in [1.54, 1.807) is 12.3 Å². The third-order valence-electron chi connectivity index (χ3n) is 2.29. The standard InChI is InChI=1S/C12H9Br2FN2O/c1-6-2-12(17-5-8(6)14)18-11-4-9(15)7(13)3-10(11)16/h2-5H,16H2,1H3. The van der Waals surface area contributed by atoms with Crippen LogP contribution in [0.25, 0.3) is 0 Å². The highest BCUT2D eigenvalue weighted by molar-refractivity contribution is 9.10. The molecule has 18 heavy (non-hydrogen) atoms. The van der Waals surface area contributed by atoms with Crippen LogP contribution in [0.4, 0.5) is 10.1 Å². The van der Waals surface area contributed by atoms with Crippen LogP contribution in [0, 0.1) is 12.7 Å². The Hall–Kier alpha value is -1.14. The summed E-state index contributed by atoms with van der Waals surface area (Å²) >= 11 is 6.40. The molecule has 0 radical (unpaired) electrons. The van der Waals surface area contributed by atoms with Gasteiger partial charge in [-0.2, -0.15) is 0 Å². The molecule has 0 unspecified atom stereocenters. The number of hydrogen-bond acceptors (Lipinski definition) is 3. The Labute approximate surface area is 120 Å². The minimum Gasteiger partial charge on any atom is -0.437 e.